The van der Waals surface area contributed by atoms with Gasteiger partial charge in [0.15, 0.2) is 0 Å². The van der Waals surface area contributed by atoms with Gasteiger partial charge in [-0.2, -0.15) is 4.72 Å². The lowest BCUT2D eigenvalue weighted by Gasteiger charge is -2.19. The fraction of sp³-hybridized carbons (Fsp3) is 0.214. The van der Waals surface area contributed by atoms with Crippen molar-refractivity contribution in [3.8, 4) is 5.75 Å². The first-order chi connectivity index (χ1) is 17.2. The lowest BCUT2D eigenvalue weighted by Crippen LogP contribution is -2.36. The highest BCUT2D eigenvalue weighted by Crippen LogP contribution is 2.30. The number of esters is 1. The molecule has 186 valence electrons. The number of ether oxygens (including phenoxy) is 1. The fourth-order valence-electron chi connectivity index (χ4n) is 4.00. The van der Waals surface area contributed by atoms with Gasteiger partial charge in [-0.25, -0.2) is 18.0 Å². The van der Waals surface area contributed by atoms with Gasteiger partial charge in [0.25, 0.3) is 0 Å². The molecule has 36 heavy (non-hydrogen) atoms. The Bertz CT molecular complexity index is 1560. The molecule has 0 aliphatic carbocycles. The molecule has 4 rings (SSSR count). The van der Waals surface area contributed by atoms with Crippen LogP contribution in [0.4, 0.5) is 0 Å². The summed E-state index contributed by atoms with van der Waals surface area (Å²) in [4.78, 5) is 25.5. The third-order valence-electron chi connectivity index (χ3n) is 5.90. The Morgan fingerprint density at radius 1 is 1.00 bits per heavy atom. The first kappa shape index (κ1) is 25.3. The van der Waals surface area contributed by atoms with Crippen LogP contribution in [0.15, 0.2) is 86.9 Å². The number of fused-ring (bicyclic) bond motifs is 1. The van der Waals surface area contributed by atoms with Gasteiger partial charge in [0, 0.05) is 17.0 Å². The zero-order valence-corrected chi connectivity index (χ0v) is 21.1. The predicted octanol–water partition coefficient (Wildman–Crippen LogP) is 4.99. The summed E-state index contributed by atoms with van der Waals surface area (Å²) in [6.07, 6.45) is 1.56. The van der Waals surface area contributed by atoms with E-state index in [4.69, 9.17) is 9.15 Å². The van der Waals surface area contributed by atoms with Gasteiger partial charge in [0.2, 0.25) is 10.0 Å². The van der Waals surface area contributed by atoms with Crippen LogP contribution in [0, 0.1) is 13.8 Å². The van der Waals surface area contributed by atoms with Crippen molar-refractivity contribution in [2.45, 2.75) is 44.6 Å². The monoisotopic (exact) mass is 505 g/mol. The van der Waals surface area contributed by atoms with Crippen molar-refractivity contribution in [2.24, 2.45) is 0 Å². The van der Waals surface area contributed by atoms with Crippen LogP contribution >= 0.6 is 0 Å². The number of hydrogen-bond donors (Lipinski definition) is 1. The maximum atomic E-state index is 13.4. The summed E-state index contributed by atoms with van der Waals surface area (Å²) in [7, 11) is -4.03. The molecule has 0 unspecified atom stereocenters. The van der Waals surface area contributed by atoms with Crippen LogP contribution in [0.3, 0.4) is 0 Å². The smallest absolute Gasteiger partial charge is 0.336 e. The van der Waals surface area contributed by atoms with E-state index in [9.17, 15) is 18.0 Å². The second kappa shape index (κ2) is 10.5. The number of carbonyl (C=O) groups excluding carboxylic acids is 1. The third kappa shape index (κ3) is 5.40. The normalized spacial score (nSPS) is 12.4. The van der Waals surface area contributed by atoms with E-state index in [1.165, 1.54) is 18.2 Å². The van der Waals surface area contributed by atoms with E-state index in [1.54, 1.807) is 61.5 Å². The standard InChI is InChI=1S/C28H27NO6S/c1-4-8-21-17-25(30)35-27-19(3)24(16-15-23(21)27)34-28(31)26(20-9-6-5-7-10-20)29-36(32,33)22-13-11-18(2)12-14-22/h5-7,9-17,26,29H,4,8H2,1-3H3/t26-/m1/s1. The first-order valence-corrected chi connectivity index (χ1v) is 13.1. The minimum Gasteiger partial charge on any atom is -0.425 e. The zero-order chi connectivity index (χ0) is 25.9. The van der Waals surface area contributed by atoms with Gasteiger partial charge >= 0.3 is 11.6 Å². The average Bonchev–Trinajstić information content (AvgIpc) is 2.85. The van der Waals surface area contributed by atoms with Gasteiger partial charge in [-0.1, -0.05) is 61.4 Å². The largest absolute Gasteiger partial charge is 0.425 e. The number of aryl methyl sites for hydroxylation is 3. The molecular formula is C28H27NO6S. The molecule has 1 aromatic heterocycles. The maximum absolute atomic E-state index is 13.4. The van der Waals surface area contributed by atoms with E-state index in [0.717, 1.165) is 22.9 Å². The average molecular weight is 506 g/mol. The quantitative estimate of drug-likeness (QED) is 0.206. The van der Waals surface area contributed by atoms with E-state index in [0.29, 0.717) is 23.1 Å². The molecular weight excluding hydrogens is 478 g/mol. The second-order valence-electron chi connectivity index (χ2n) is 8.61. The Morgan fingerprint density at radius 3 is 2.36 bits per heavy atom. The van der Waals surface area contributed by atoms with Crippen LogP contribution < -0.4 is 15.1 Å². The Balaban J connectivity index is 1.70. The number of hydrogen-bond acceptors (Lipinski definition) is 6. The lowest BCUT2D eigenvalue weighted by molar-refractivity contribution is -0.136. The number of sulfonamides is 1. The van der Waals surface area contributed by atoms with Crippen molar-refractivity contribution < 1.29 is 22.4 Å². The molecule has 0 aliphatic rings. The van der Waals surface area contributed by atoms with Crippen LogP contribution in [-0.4, -0.2) is 14.4 Å². The maximum Gasteiger partial charge on any atom is 0.336 e. The summed E-state index contributed by atoms with van der Waals surface area (Å²) in [5, 5.41) is 0.772. The topological polar surface area (TPSA) is 103 Å². The summed E-state index contributed by atoms with van der Waals surface area (Å²) < 4.78 is 39.8. The molecule has 8 heteroatoms. The van der Waals surface area contributed by atoms with Crippen molar-refractivity contribution in [1.82, 2.24) is 4.72 Å². The lowest BCUT2D eigenvalue weighted by atomic mass is 10.0. The van der Waals surface area contributed by atoms with Gasteiger partial charge in [0.05, 0.1) is 4.90 Å². The van der Waals surface area contributed by atoms with Crippen LogP contribution in [0.25, 0.3) is 11.0 Å². The highest BCUT2D eigenvalue weighted by molar-refractivity contribution is 7.89. The highest BCUT2D eigenvalue weighted by atomic mass is 32.2. The van der Waals surface area contributed by atoms with Crippen LogP contribution in [0.5, 0.6) is 5.75 Å². The number of rotatable bonds is 8. The van der Waals surface area contributed by atoms with E-state index >= 15 is 0 Å². The third-order valence-corrected chi connectivity index (χ3v) is 7.34. The Labute approximate surface area is 209 Å². The van der Waals surface area contributed by atoms with Crippen molar-refractivity contribution in [3.63, 3.8) is 0 Å². The summed E-state index contributed by atoms with van der Waals surface area (Å²) in [6.45, 7) is 5.57. The van der Waals surface area contributed by atoms with Gasteiger partial charge in [-0.15, -0.1) is 0 Å². The fourth-order valence-corrected chi connectivity index (χ4v) is 5.17. The molecule has 1 atom stereocenters. The SMILES string of the molecule is CCCc1cc(=O)oc2c(C)c(OC(=O)[C@H](NS(=O)(=O)c3ccc(C)cc3)c3ccccc3)ccc12. The van der Waals surface area contributed by atoms with Crippen molar-refractivity contribution >= 4 is 27.0 Å². The highest BCUT2D eigenvalue weighted by Gasteiger charge is 2.29. The molecule has 0 saturated carbocycles. The molecule has 0 saturated heterocycles. The van der Waals surface area contributed by atoms with Gasteiger partial charge in [-0.3, -0.25) is 0 Å². The van der Waals surface area contributed by atoms with Crippen LogP contribution in [0.2, 0.25) is 0 Å². The van der Waals surface area contributed by atoms with E-state index in [2.05, 4.69) is 4.72 Å². The molecule has 0 spiro atoms. The molecule has 7 nitrogen and oxygen atoms in total. The van der Waals surface area contributed by atoms with Crippen LogP contribution in [-0.2, 0) is 21.2 Å². The molecule has 0 amide bonds. The molecule has 1 N–H and O–H groups in total. The van der Waals surface area contributed by atoms with Crippen molar-refractivity contribution in [2.75, 3.05) is 0 Å². The number of benzene rings is 3. The predicted molar refractivity (Wildman–Crippen MR) is 138 cm³/mol. The summed E-state index contributed by atoms with van der Waals surface area (Å²) in [6, 6.07) is 18.4. The second-order valence-corrected chi connectivity index (χ2v) is 10.3. The minimum atomic E-state index is -4.03. The summed E-state index contributed by atoms with van der Waals surface area (Å²) in [5.74, 6) is -0.633. The van der Waals surface area contributed by atoms with Crippen molar-refractivity contribution in [1.29, 1.82) is 0 Å². The zero-order valence-electron chi connectivity index (χ0n) is 20.3. The minimum absolute atomic E-state index is 0.0361. The molecule has 0 bridgehead atoms. The Morgan fingerprint density at radius 2 is 1.69 bits per heavy atom. The van der Waals surface area contributed by atoms with E-state index in [1.807, 2.05) is 13.8 Å². The van der Waals surface area contributed by atoms with Gasteiger partial charge in [-0.05, 0) is 55.7 Å². The molecule has 0 aliphatic heterocycles. The summed E-state index contributed by atoms with van der Waals surface area (Å²) >= 11 is 0. The Hall–Kier alpha value is -3.75. The van der Waals surface area contributed by atoms with Crippen molar-refractivity contribution in [3.05, 3.63) is 105 Å². The first-order valence-electron chi connectivity index (χ1n) is 11.6. The molecule has 0 fully saturated rings. The summed E-state index contributed by atoms with van der Waals surface area (Å²) in [5.41, 5.74) is 2.53. The molecule has 4 aromatic rings. The molecule has 1 heterocycles. The molecule has 3 aromatic carbocycles. The van der Waals surface area contributed by atoms with Gasteiger partial charge < -0.3 is 9.15 Å². The molecule has 0 radical (unpaired) electrons. The number of nitrogens with one attached hydrogen (secondary N) is 1. The van der Waals surface area contributed by atoms with E-state index in [-0.39, 0.29) is 10.6 Å². The Kier molecular flexibility index (Phi) is 7.37. The van der Waals surface area contributed by atoms with Crippen LogP contribution in [0.1, 0.15) is 41.6 Å². The van der Waals surface area contributed by atoms with Gasteiger partial charge in [0.1, 0.15) is 17.4 Å². The van der Waals surface area contributed by atoms with E-state index < -0.39 is 27.7 Å². The number of carbonyl (C=O) groups is 1.